The van der Waals surface area contributed by atoms with Crippen LogP contribution in [0.1, 0.15) is 35.1 Å². The Morgan fingerprint density at radius 3 is 2.78 bits per heavy atom. The maximum atomic E-state index is 12.5. The maximum Gasteiger partial charge on any atom is 0.289 e. The first-order valence-corrected chi connectivity index (χ1v) is 9.46. The zero-order chi connectivity index (χ0) is 18.8. The largest absolute Gasteiger partial charge is 0.497 e. The van der Waals surface area contributed by atoms with E-state index in [0.717, 1.165) is 24.2 Å². The molecule has 4 rings (SSSR count). The van der Waals surface area contributed by atoms with Gasteiger partial charge in [0.25, 0.3) is 11.8 Å². The number of methoxy groups -OCH3 is 1. The lowest BCUT2D eigenvalue weighted by Crippen LogP contribution is -2.37. The van der Waals surface area contributed by atoms with E-state index in [4.69, 9.17) is 13.7 Å². The van der Waals surface area contributed by atoms with E-state index in [1.165, 1.54) is 0 Å². The number of piperidine rings is 1. The number of hydrogen-bond acceptors (Lipinski definition) is 6. The highest BCUT2D eigenvalue weighted by molar-refractivity contribution is 9.10. The van der Waals surface area contributed by atoms with Crippen LogP contribution in [0.25, 0.3) is 11.5 Å². The highest BCUT2D eigenvalue weighted by atomic mass is 79.9. The van der Waals surface area contributed by atoms with Crippen LogP contribution in [-0.4, -0.2) is 41.1 Å². The van der Waals surface area contributed by atoms with Crippen LogP contribution >= 0.6 is 15.9 Å². The van der Waals surface area contributed by atoms with Gasteiger partial charge >= 0.3 is 0 Å². The lowest BCUT2D eigenvalue weighted by atomic mass is 9.96. The smallest absolute Gasteiger partial charge is 0.289 e. The van der Waals surface area contributed by atoms with Crippen LogP contribution in [0.2, 0.25) is 0 Å². The summed E-state index contributed by atoms with van der Waals surface area (Å²) in [6.07, 6.45) is 1.56. The van der Waals surface area contributed by atoms with E-state index in [-0.39, 0.29) is 11.8 Å². The van der Waals surface area contributed by atoms with Crippen molar-refractivity contribution in [3.05, 3.63) is 52.7 Å². The SMILES string of the molecule is COc1cccc(-c2nc(C3CCN(C(=O)c4ccc(Br)o4)CC3)no2)c1. The number of carbonyl (C=O) groups is 1. The first-order chi connectivity index (χ1) is 13.1. The van der Waals surface area contributed by atoms with Crippen molar-refractivity contribution in [1.82, 2.24) is 15.0 Å². The van der Waals surface area contributed by atoms with E-state index in [2.05, 4.69) is 26.1 Å². The molecule has 0 spiro atoms. The molecule has 0 N–H and O–H groups in total. The predicted octanol–water partition coefficient (Wildman–Crippen LogP) is 4.12. The third-order valence-electron chi connectivity index (χ3n) is 4.69. The highest BCUT2D eigenvalue weighted by Crippen LogP contribution is 2.30. The molecule has 1 aromatic carbocycles. The number of benzene rings is 1. The molecule has 8 heteroatoms. The summed E-state index contributed by atoms with van der Waals surface area (Å²) in [6, 6.07) is 10.9. The molecule has 27 heavy (non-hydrogen) atoms. The van der Waals surface area contributed by atoms with Gasteiger partial charge in [-0.25, -0.2) is 0 Å². The van der Waals surface area contributed by atoms with Crippen molar-refractivity contribution in [3.8, 4) is 17.2 Å². The van der Waals surface area contributed by atoms with Crippen LogP contribution in [0.15, 0.2) is 50.0 Å². The summed E-state index contributed by atoms with van der Waals surface area (Å²) in [5.74, 6) is 2.32. The molecule has 0 saturated carbocycles. The fourth-order valence-electron chi connectivity index (χ4n) is 3.20. The molecular formula is C19H18BrN3O4. The first-order valence-electron chi connectivity index (χ1n) is 8.66. The van der Waals surface area contributed by atoms with Gasteiger partial charge in [0.15, 0.2) is 16.3 Å². The van der Waals surface area contributed by atoms with Crippen molar-refractivity contribution in [1.29, 1.82) is 0 Å². The Balaban J connectivity index is 1.41. The Hall–Kier alpha value is -2.61. The molecule has 0 bridgehead atoms. The molecule has 3 aromatic rings. The lowest BCUT2D eigenvalue weighted by molar-refractivity contribution is 0.0677. The van der Waals surface area contributed by atoms with Crippen molar-refractivity contribution in [2.24, 2.45) is 0 Å². The van der Waals surface area contributed by atoms with Gasteiger partial charge in [-0.2, -0.15) is 4.98 Å². The molecule has 0 unspecified atom stereocenters. The first kappa shape index (κ1) is 17.8. The van der Waals surface area contributed by atoms with E-state index >= 15 is 0 Å². The van der Waals surface area contributed by atoms with Crippen LogP contribution in [0.4, 0.5) is 0 Å². The van der Waals surface area contributed by atoms with E-state index in [0.29, 0.717) is 35.2 Å². The number of hydrogen-bond donors (Lipinski definition) is 0. The summed E-state index contributed by atoms with van der Waals surface area (Å²) in [5.41, 5.74) is 0.823. The highest BCUT2D eigenvalue weighted by Gasteiger charge is 2.28. The number of rotatable bonds is 4. The Bertz CT molecular complexity index is 944. The van der Waals surface area contributed by atoms with E-state index in [1.54, 1.807) is 24.1 Å². The molecule has 1 aliphatic rings. The number of furan rings is 1. The van der Waals surface area contributed by atoms with E-state index in [9.17, 15) is 4.79 Å². The molecule has 1 saturated heterocycles. The molecule has 1 fully saturated rings. The number of halogens is 1. The molecule has 1 amide bonds. The Morgan fingerprint density at radius 2 is 2.07 bits per heavy atom. The van der Waals surface area contributed by atoms with Gasteiger partial charge in [-0.3, -0.25) is 4.79 Å². The fraction of sp³-hybridized carbons (Fsp3) is 0.316. The summed E-state index contributed by atoms with van der Waals surface area (Å²) in [4.78, 5) is 18.8. The van der Waals surface area contributed by atoms with Gasteiger partial charge in [-0.1, -0.05) is 11.2 Å². The minimum atomic E-state index is -0.0932. The zero-order valence-corrected chi connectivity index (χ0v) is 16.3. The summed E-state index contributed by atoms with van der Waals surface area (Å²) in [5, 5.41) is 4.15. The topological polar surface area (TPSA) is 81.6 Å². The third kappa shape index (κ3) is 3.75. The molecule has 2 aromatic heterocycles. The van der Waals surface area contributed by atoms with Crippen LogP contribution < -0.4 is 4.74 Å². The van der Waals surface area contributed by atoms with E-state index < -0.39 is 0 Å². The zero-order valence-electron chi connectivity index (χ0n) is 14.7. The van der Waals surface area contributed by atoms with E-state index in [1.807, 2.05) is 24.3 Å². The molecule has 140 valence electrons. The summed E-state index contributed by atoms with van der Waals surface area (Å²) in [6.45, 7) is 1.26. The second-order valence-corrected chi connectivity index (χ2v) is 7.14. The van der Waals surface area contributed by atoms with Crippen molar-refractivity contribution < 1.29 is 18.5 Å². The minimum absolute atomic E-state index is 0.0932. The Labute approximate surface area is 164 Å². The number of nitrogens with zero attached hydrogens (tertiary/aromatic N) is 3. The van der Waals surface area contributed by atoms with Crippen LogP contribution in [0, 0.1) is 0 Å². The lowest BCUT2D eigenvalue weighted by Gasteiger charge is -2.29. The van der Waals surface area contributed by atoms with Crippen LogP contribution in [0.3, 0.4) is 0 Å². The number of carbonyl (C=O) groups excluding carboxylic acids is 1. The normalized spacial score (nSPS) is 15.1. The molecule has 0 radical (unpaired) electrons. The van der Waals surface area contributed by atoms with Crippen LogP contribution in [0.5, 0.6) is 5.75 Å². The number of amides is 1. The van der Waals surface area contributed by atoms with Gasteiger partial charge in [-0.05, 0) is 59.1 Å². The number of likely N-dealkylation sites (tertiary alicyclic amines) is 1. The van der Waals surface area contributed by atoms with Gasteiger partial charge in [0.1, 0.15) is 5.75 Å². The van der Waals surface area contributed by atoms with Gasteiger partial charge in [-0.15, -0.1) is 0 Å². The maximum absolute atomic E-state index is 12.5. The average Bonchev–Trinajstić information content (AvgIpc) is 3.37. The second kappa shape index (κ2) is 7.56. The molecule has 0 atom stereocenters. The van der Waals surface area contributed by atoms with Crippen LogP contribution in [-0.2, 0) is 0 Å². The van der Waals surface area contributed by atoms with Crippen molar-refractivity contribution in [3.63, 3.8) is 0 Å². The van der Waals surface area contributed by atoms with Gasteiger partial charge in [0.05, 0.1) is 7.11 Å². The molecular weight excluding hydrogens is 414 g/mol. The second-order valence-electron chi connectivity index (χ2n) is 6.36. The Kier molecular flexibility index (Phi) is 4.98. The molecule has 0 aliphatic carbocycles. The Morgan fingerprint density at radius 1 is 1.26 bits per heavy atom. The van der Waals surface area contributed by atoms with Gasteiger partial charge < -0.3 is 18.6 Å². The van der Waals surface area contributed by atoms with Crippen molar-refractivity contribution in [2.45, 2.75) is 18.8 Å². The minimum Gasteiger partial charge on any atom is -0.497 e. The third-order valence-corrected chi connectivity index (χ3v) is 5.12. The fourth-order valence-corrected chi connectivity index (χ4v) is 3.51. The standard InChI is InChI=1S/C19H18BrN3O4/c1-25-14-4-2-3-13(11-14)18-21-17(22-27-18)12-7-9-23(10-8-12)19(24)15-5-6-16(20)26-15/h2-6,11-12H,7-10H2,1H3. The summed E-state index contributed by atoms with van der Waals surface area (Å²) >= 11 is 3.22. The summed E-state index contributed by atoms with van der Waals surface area (Å²) in [7, 11) is 1.62. The molecule has 3 heterocycles. The van der Waals surface area contributed by atoms with Crippen molar-refractivity contribution in [2.75, 3.05) is 20.2 Å². The molecule has 7 nitrogen and oxygen atoms in total. The summed E-state index contributed by atoms with van der Waals surface area (Å²) < 4.78 is 16.6. The van der Waals surface area contributed by atoms with Crippen molar-refractivity contribution >= 4 is 21.8 Å². The van der Waals surface area contributed by atoms with Gasteiger partial charge in [0.2, 0.25) is 0 Å². The number of ether oxygens (including phenoxy) is 1. The van der Waals surface area contributed by atoms with Gasteiger partial charge in [0, 0.05) is 24.6 Å². The average molecular weight is 432 g/mol. The quantitative estimate of drug-likeness (QED) is 0.617. The monoisotopic (exact) mass is 431 g/mol. The molecule has 1 aliphatic heterocycles. The number of aromatic nitrogens is 2. The predicted molar refractivity (Wildman–Crippen MR) is 101 cm³/mol.